The molecule has 0 saturated heterocycles. The predicted molar refractivity (Wildman–Crippen MR) is 83.4 cm³/mol. The van der Waals surface area contributed by atoms with Crippen LogP contribution in [0, 0.1) is 0 Å². The van der Waals surface area contributed by atoms with Crippen molar-refractivity contribution in [2.75, 3.05) is 11.9 Å². The quantitative estimate of drug-likeness (QED) is 0.746. The van der Waals surface area contributed by atoms with E-state index in [1.165, 1.54) is 0 Å². The van der Waals surface area contributed by atoms with Crippen molar-refractivity contribution >= 4 is 34.4 Å². The summed E-state index contributed by atoms with van der Waals surface area (Å²) in [7, 11) is 1.96. The maximum Gasteiger partial charge on any atom is 0.157 e. The normalized spacial score (nSPS) is 10.7. The lowest BCUT2D eigenvalue weighted by Gasteiger charge is -2.18. The predicted octanol–water partition coefficient (Wildman–Crippen LogP) is 2.13. The van der Waals surface area contributed by atoms with E-state index < -0.39 is 0 Å². The van der Waals surface area contributed by atoms with Gasteiger partial charge in [-0.1, -0.05) is 12.2 Å². The van der Waals surface area contributed by atoms with E-state index in [0.717, 1.165) is 22.7 Å². The second kappa shape index (κ2) is 4.90. The van der Waals surface area contributed by atoms with E-state index in [9.17, 15) is 0 Å². The van der Waals surface area contributed by atoms with Gasteiger partial charge >= 0.3 is 0 Å². The Balaban J connectivity index is 1.94. The Morgan fingerprint density at radius 3 is 2.65 bits per heavy atom. The van der Waals surface area contributed by atoms with Crippen molar-refractivity contribution in [1.29, 1.82) is 0 Å². The van der Waals surface area contributed by atoms with Gasteiger partial charge in [0, 0.05) is 30.6 Å². The van der Waals surface area contributed by atoms with Crippen LogP contribution in [0.5, 0.6) is 0 Å². The minimum absolute atomic E-state index is 0.401. The molecule has 100 valence electrons. The average molecular weight is 283 g/mol. The molecule has 0 aliphatic carbocycles. The van der Waals surface area contributed by atoms with Crippen molar-refractivity contribution in [3.63, 3.8) is 0 Å². The minimum atomic E-state index is 0.401. The third-order valence-electron chi connectivity index (χ3n) is 3.13. The lowest BCUT2D eigenvalue weighted by molar-refractivity contribution is 0.933. The fourth-order valence-electron chi connectivity index (χ4n) is 1.97. The van der Waals surface area contributed by atoms with E-state index >= 15 is 0 Å². The standard InChI is InChI=1S/C14H13N5S/c1-18(11-4-2-10(3-5-11)14(15)20)12-7-9-19-13(17-12)6-8-16-19/h2-9H,1H3,(H2,15,20). The van der Waals surface area contributed by atoms with Crippen LogP contribution < -0.4 is 10.6 Å². The zero-order valence-corrected chi connectivity index (χ0v) is 11.7. The van der Waals surface area contributed by atoms with E-state index in [2.05, 4.69) is 10.1 Å². The van der Waals surface area contributed by atoms with Gasteiger partial charge in [-0.05, 0) is 30.3 Å². The molecule has 5 nitrogen and oxygen atoms in total. The molecular weight excluding hydrogens is 270 g/mol. The Hall–Kier alpha value is -2.47. The highest BCUT2D eigenvalue weighted by Crippen LogP contribution is 2.22. The molecule has 0 amide bonds. The highest BCUT2D eigenvalue weighted by Gasteiger charge is 2.07. The number of thiocarbonyl (C=S) groups is 1. The summed E-state index contributed by atoms with van der Waals surface area (Å²) < 4.78 is 1.73. The molecule has 6 heteroatoms. The molecule has 0 unspecified atom stereocenters. The van der Waals surface area contributed by atoms with E-state index in [1.54, 1.807) is 10.7 Å². The summed E-state index contributed by atoms with van der Waals surface area (Å²) in [6.07, 6.45) is 3.61. The Bertz CT molecular complexity index is 763. The van der Waals surface area contributed by atoms with Crippen molar-refractivity contribution in [3.05, 3.63) is 54.4 Å². The topological polar surface area (TPSA) is 59.5 Å². The van der Waals surface area contributed by atoms with Gasteiger partial charge in [0.25, 0.3) is 0 Å². The van der Waals surface area contributed by atoms with Crippen molar-refractivity contribution in [3.8, 4) is 0 Å². The Morgan fingerprint density at radius 2 is 1.95 bits per heavy atom. The maximum atomic E-state index is 5.60. The average Bonchev–Trinajstić information content (AvgIpc) is 2.94. The van der Waals surface area contributed by atoms with Crippen LogP contribution in [0.2, 0.25) is 0 Å². The van der Waals surface area contributed by atoms with Crippen LogP contribution in [0.1, 0.15) is 5.56 Å². The summed E-state index contributed by atoms with van der Waals surface area (Å²) in [4.78, 5) is 6.94. The van der Waals surface area contributed by atoms with Gasteiger partial charge in [-0.2, -0.15) is 5.10 Å². The first-order valence-electron chi connectivity index (χ1n) is 6.09. The fourth-order valence-corrected chi connectivity index (χ4v) is 2.11. The summed E-state index contributed by atoms with van der Waals surface area (Å²) in [6, 6.07) is 11.5. The molecule has 1 aromatic carbocycles. The fraction of sp³-hybridized carbons (Fsp3) is 0.0714. The van der Waals surface area contributed by atoms with Gasteiger partial charge in [0.1, 0.15) is 10.8 Å². The van der Waals surface area contributed by atoms with Crippen LogP contribution >= 0.6 is 12.2 Å². The van der Waals surface area contributed by atoms with E-state index in [0.29, 0.717) is 4.99 Å². The second-order valence-electron chi connectivity index (χ2n) is 4.39. The number of hydrogen-bond donors (Lipinski definition) is 1. The summed E-state index contributed by atoms with van der Waals surface area (Å²) in [5, 5.41) is 4.13. The third-order valence-corrected chi connectivity index (χ3v) is 3.36. The third kappa shape index (κ3) is 2.21. The van der Waals surface area contributed by atoms with E-state index in [-0.39, 0.29) is 0 Å². The first kappa shape index (κ1) is 12.6. The van der Waals surface area contributed by atoms with Gasteiger partial charge in [-0.15, -0.1) is 0 Å². The van der Waals surface area contributed by atoms with Crippen LogP contribution in [0.3, 0.4) is 0 Å². The first-order chi connectivity index (χ1) is 9.65. The summed E-state index contributed by atoms with van der Waals surface area (Å²) >= 11 is 4.95. The molecule has 2 heterocycles. The summed E-state index contributed by atoms with van der Waals surface area (Å²) in [5.74, 6) is 0.848. The van der Waals surface area contributed by atoms with Crippen molar-refractivity contribution < 1.29 is 0 Å². The lowest BCUT2D eigenvalue weighted by atomic mass is 10.2. The monoisotopic (exact) mass is 283 g/mol. The number of nitrogens with zero attached hydrogens (tertiary/aromatic N) is 4. The highest BCUT2D eigenvalue weighted by molar-refractivity contribution is 7.80. The molecule has 0 saturated carbocycles. The zero-order chi connectivity index (χ0) is 14.1. The van der Waals surface area contributed by atoms with Crippen LogP contribution in [0.15, 0.2) is 48.8 Å². The lowest BCUT2D eigenvalue weighted by Crippen LogP contribution is -2.13. The van der Waals surface area contributed by atoms with Gasteiger partial charge in [0.15, 0.2) is 5.65 Å². The van der Waals surface area contributed by atoms with Crippen LogP contribution in [0.4, 0.5) is 11.5 Å². The smallest absolute Gasteiger partial charge is 0.157 e. The Labute approximate surface area is 121 Å². The van der Waals surface area contributed by atoms with E-state index in [1.807, 2.05) is 54.5 Å². The summed E-state index contributed by atoms with van der Waals surface area (Å²) in [5.41, 5.74) is 8.28. The van der Waals surface area contributed by atoms with Gasteiger partial charge in [-0.3, -0.25) is 0 Å². The molecular formula is C14H13N5S. The minimum Gasteiger partial charge on any atom is -0.389 e. The number of rotatable bonds is 3. The van der Waals surface area contributed by atoms with Crippen LogP contribution in [-0.4, -0.2) is 26.6 Å². The number of fused-ring (bicyclic) bond motifs is 1. The maximum absolute atomic E-state index is 5.60. The number of aromatic nitrogens is 3. The molecule has 0 aliphatic heterocycles. The summed E-state index contributed by atoms with van der Waals surface area (Å²) in [6.45, 7) is 0. The van der Waals surface area contributed by atoms with Crippen molar-refractivity contribution in [1.82, 2.24) is 14.6 Å². The number of benzene rings is 1. The highest BCUT2D eigenvalue weighted by atomic mass is 32.1. The molecule has 2 N–H and O–H groups in total. The van der Waals surface area contributed by atoms with Gasteiger partial charge < -0.3 is 10.6 Å². The van der Waals surface area contributed by atoms with Gasteiger partial charge in [-0.25, -0.2) is 9.50 Å². The van der Waals surface area contributed by atoms with Crippen LogP contribution in [-0.2, 0) is 0 Å². The molecule has 0 bridgehead atoms. The molecule has 2 aromatic heterocycles. The van der Waals surface area contributed by atoms with Gasteiger partial charge in [0.05, 0.1) is 6.20 Å². The molecule has 3 rings (SSSR count). The molecule has 0 aliphatic rings. The SMILES string of the molecule is CN(c1ccc(C(N)=S)cc1)c1ccn2nccc2n1. The molecule has 0 fully saturated rings. The number of nitrogens with two attached hydrogens (primary N) is 1. The molecule has 0 atom stereocenters. The Kier molecular flexibility index (Phi) is 3.08. The van der Waals surface area contributed by atoms with E-state index in [4.69, 9.17) is 18.0 Å². The largest absolute Gasteiger partial charge is 0.389 e. The zero-order valence-electron chi connectivity index (χ0n) is 10.9. The Morgan fingerprint density at radius 1 is 1.20 bits per heavy atom. The van der Waals surface area contributed by atoms with Crippen molar-refractivity contribution in [2.24, 2.45) is 5.73 Å². The van der Waals surface area contributed by atoms with Crippen molar-refractivity contribution in [2.45, 2.75) is 0 Å². The molecule has 0 radical (unpaired) electrons. The number of anilines is 2. The molecule has 3 aromatic rings. The second-order valence-corrected chi connectivity index (χ2v) is 4.83. The van der Waals surface area contributed by atoms with Crippen LogP contribution in [0.25, 0.3) is 5.65 Å². The molecule has 20 heavy (non-hydrogen) atoms. The first-order valence-corrected chi connectivity index (χ1v) is 6.50. The van der Waals surface area contributed by atoms with Gasteiger partial charge in [0.2, 0.25) is 0 Å². The molecule has 0 spiro atoms. The number of hydrogen-bond acceptors (Lipinski definition) is 4.